The molecule has 5 nitrogen and oxygen atoms in total. The number of aromatic amines is 1. The fourth-order valence-electron chi connectivity index (χ4n) is 4.41. The Kier molecular flexibility index (Phi) is 5.43. The number of ether oxygens (including phenoxy) is 1. The van der Waals surface area contributed by atoms with Crippen LogP contribution in [0.4, 0.5) is 0 Å². The highest BCUT2D eigenvalue weighted by atomic mass is 16.5. The highest BCUT2D eigenvalue weighted by Gasteiger charge is 2.44. The molecule has 1 aliphatic rings. The van der Waals surface area contributed by atoms with Gasteiger partial charge in [0.15, 0.2) is 0 Å². The molecule has 27 heavy (non-hydrogen) atoms. The molecular formula is C22H31N3O2. The second-order valence-corrected chi connectivity index (χ2v) is 8.57. The molecular weight excluding hydrogens is 338 g/mol. The number of amides is 1. The van der Waals surface area contributed by atoms with Crippen molar-refractivity contribution in [1.82, 2.24) is 14.9 Å². The van der Waals surface area contributed by atoms with E-state index in [1.54, 1.807) is 11.1 Å². The van der Waals surface area contributed by atoms with Crippen LogP contribution in [0.1, 0.15) is 55.8 Å². The Balaban J connectivity index is 1.85. The van der Waals surface area contributed by atoms with E-state index in [4.69, 9.17) is 4.74 Å². The summed E-state index contributed by atoms with van der Waals surface area (Å²) in [5, 5.41) is 0. The van der Waals surface area contributed by atoms with Gasteiger partial charge in [0.1, 0.15) is 5.82 Å². The maximum Gasteiger partial charge on any atom is 0.223 e. The van der Waals surface area contributed by atoms with Crippen LogP contribution in [0.5, 0.6) is 0 Å². The van der Waals surface area contributed by atoms with Gasteiger partial charge in [-0.15, -0.1) is 0 Å². The fraction of sp³-hybridized carbons (Fsp3) is 0.545. The van der Waals surface area contributed by atoms with Crippen molar-refractivity contribution in [3.63, 3.8) is 0 Å². The van der Waals surface area contributed by atoms with Crippen molar-refractivity contribution in [2.24, 2.45) is 0 Å². The molecule has 1 aromatic carbocycles. The zero-order valence-electron chi connectivity index (χ0n) is 17.1. The predicted molar refractivity (Wildman–Crippen MR) is 107 cm³/mol. The molecule has 146 valence electrons. The van der Waals surface area contributed by atoms with Crippen molar-refractivity contribution in [2.75, 3.05) is 13.7 Å². The summed E-state index contributed by atoms with van der Waals surface area (Å²) in [7, 11) is 1.86. The van der Waals surface area contributed by atoms with Gasteiger partial charge in [-0.25, -0.2) is 4.98 Å². The van der Waals surface area contributed by atoms with Crippen LogP contribution in [0.3, 0.4) is 0 Å². The van der Waals surface area contributed by atoms with Crippen molar-refractivity contribution in [2.45, 2.75) is 64.5 Å². The molecule has 5 heteroatoms. The molecule has 1 amide bonds. The molecule has 0 aliphatic carbocycles. The van der Waals surface area contributed by atoms with E-state index in [-0.39, 0.29) is 16.9 Å². The molecule has 1 aliphatic heterocycles. The van der Waals surface area contributed by atoms with Gasteiger partial charge in [0.25, 0.3) is 0 Å². The van der Waals surface area contributed by atoms with Crippen molar-refractivity contribution < 1.29 is 9.53 Å². The summed E-state index contributed by atoms with van der Waals surface area (Å²) in [5.74, 6) is 0.964. The largest absolute Gasteiger partial charge is 0.376 e. The number of hydrogen-bond acceptors (Lipinski definition) is 3. The van der Waals surface area contributed by atoms with E-state index in [1.165, 1.54) is 11.1 Å². The SMILES string of the molecule is Cc1cnc(CN(C)C(=O)C[C@]2(c3ccccc3C)CCOC(C)(C)C2)[nH]1. The molecule has 3 rings (SSSR count). The molecule has 0 unspecified atom stereocenters. The molecule has 1 atom stereocenters. The van der Waals surface area contributed by atoms with Gasteiger partial charge in [0.2, 0.25) is 5.91 Å². The fourth-order valence-corrected chi connectivity index (χ4v) is 4.41. The average molecular weight is 370 g/mol. The number of nitrogens with one attached hydrogen (secondary N) is 1. The van der Waals surface area contributed by atoms with Crippen LogP contribution >= 0.6 is 0 Å². The Morgan fingerprint density at radius 3 is 2.67 bits per heavy atom. The molecule has 1 fully saturated rings. The van der Waals surface area contributed by atoms with Crippen LogP contribution in [-0.2, 0) is 21.5 Å². The molecule has 0 saturated carbocycles. The van der Waals surface area contributed by atoms with E-state index in [0.29, 0.717) is 19.6 Å². The zero-order valence-corrected chi connectivity index (χ0v) is 17.1. The van der Waals surface area contributed by atoms with Crippen LogP contribution in [0.2, 0.25) is 0 Å². The van der Waals surface area contributed by atoms with Gasteiger partial charge in [0, 0.05) is 37.4 Å². The van der Waals surface area contributed by atoms with E-state index in [1.807, 2.05) is 14.0 Å². The zero-order chi connectivity index (χ0) is 19.7. The molecule has 2 heterocycles. The second-order valence-electron chi connectivity index (χ2n) is 8.57. The van der Waals surface area contributed by atoms with E-state index >= 15 is 0 Å². The second kappa shape index (κ2) is 7.47. The Morgan fingerprint density at radius 2 is 2.04 bits per heavy atom. The number of carbonyl (C=O) groups excluding carboxylic acids is 1. The summed E-state index contributed by atoms with van der Waals surface area (Å²) in [6.45, 7) is 9.53. The molecule has 1 aromatic heterocycles. The first-order chi connectivity index (χ1) is 12.7. The standard InChI is InChI=1S/C22H31N3O2/c1-16-8-6-7-9-18(16)22(10-11-27-21(3,4)15-22)12-20(26)25(5)14-19-23-13-17(2)24-19/h6-9,13H,10-12,14-15H2,1-5H3,(H,23,24)/t22-/m1/s1. The van der Waals surface area contributed by atoms with Crippen LogP contribution in [0, 0.1) is 13.8 Å². The number of carbonyl (C=O) groups is 1. The van der Waals surface area contributed by atoms with E-state index < -0.39 is 0 Å². The molecule has 0 bridgehead atoms. The summed E-state index contributed by atoms with van der Waals surface area (Å²) >= 11 is 0. The van der Waals surface area contributed by atoms with Crippen LogP contribution in [-0.4, -0.2) is 40.0 Å². The van der Waals surface area contributed by atoms with Crippen molar-refractivity contribution in [3.8, 4) is 0 Å². The van der Waals surface area contributed by atoms with Crippen molar-refractivity contribution >= 4 is 5.91 Å². The topological polar surface area (TPSA) is 58.2 Å². The van der Waals surface area contributed by atoms with E-state index in [2.05, 4.69) is 55.0 Å². The first kappa shape index (κ1) is 19.6. The quantitative estimate of drug-likeness (QED) is 0.869. The normalized spacial score (nSPS) is 21.8. The molecule has 2 aromatic rings. The van der Waals surface area contributed by atoms with Crippen molar-refractivity contribution in [3.05, 3.63) is 53.1 Å². The van der Waals surface area contributed by atoms with E-state index in [0.717, 1.165) is 24.4 Å². The lowest BCUT2D eigenvalue weighted by Crippen LogP contribution is -2.47. The van der Waals surface area contributed by atoms with Gasteiger partial charge in [-0.2, -0.15) is 0 Å². The third kappa shape index (κ3) is 4.41. The highest BCUT2D eigenvalue weighted by Crippen LogP contribution is 2.45. The Hall–Kier alpha value is -2.14. The van der Waals surface area contributed by atoms with Gasteiger partial charge in [-0.3, -0.25) is 4.79 Å². The number of hydrogen-bond donors (Lipinski definition) is 1. The van der Waals surface area contributed by atoms with Crippen molar-refractivity contribution in [1.29, 1.82) is 0 Å². The Bertz CT molecular complexity index is 811. The molecule has 1 saturated heterocycles. The smallest absolute Gasteiger partial charge is 0.223 e. The maximum atomic E-state index is 13.2. The number of H-pyrrole nitrogens is 1. The van der Waals surface area contributed by atoms with Crippen LogP contribution < -0.4 is 0 Å². The lowest BCUT2D eigenvalue weighted by Gasteiger charge is -2.46. The monoisotopic (exact) mass is 369 g/mol. The molecule has 1 N–H and O–H groups in total. The first-order valence-electron chi connectivity index (χ1n) is 9.65. The minimum Gasteiger partial charge on any atom is -0.376 e. The maximum absolute atomic E-state index is 13.2. The van der Waals surface area contributed by atoms with Gasteiger partial charge in [0.05, 0.1) is 12.1 Å². The number of benzene rings is 1. The first-order valence-corrected chi connectivity index (χ1v) is 9.65. The third-order valence-electron chi connectivity index (χ3n) is 5.61. The average Bonchev–Trinajstić information content (AvgIpc) is 2.99. The predicted octanol–water partition coefficient (Wildman–Crippen LogP) is 3.90. The lowest BCUT2D eigenvalue weighted by molar-refractivity contribution is -0.135. The Morgan fingerprint density at radius 1 is 1.30 bits per heavy atom. The summed E-state index contributed by atoms with van der Waals surface area (Å²) in [4.78, 5) is 22.5. The summed E-state index contributed by atoms with van der Waals surface area (Å²) in [6.07, 6.45) is 3.98. The highest BCUT2D eigenvalue weighted by molar-refractivity contribution is 5.77. The third-order valence-corrected chi connectivity index (χ3v) is 5.61. The minimum atomic E-state index is -0.239. The van der Waals surface area contributed by atoms with Gasteiger partial charge in [-0.05, 0) is 51.7 Å². The van der Waals surface area contributed by atoms with Gasteiger partial charge >= 0.3 is 0 Å². The number of rotatable bonds is 5. The van der Waals surface area contributed by atoms with E-state index in [9.17, 15) is 4.79 Å². The Labute approximate surface area is 162 Å². The summed E-state index contributed by atoms with van der Waals surface area (Å²) in [5.41, 5.74) is 3.09. The number of aryl methyl sites for hydroxylation is 2. The van der Waals surface area contributed by atoms with Gasteiger partial charge in [-0.1, -0.05) is 24.3 Å². The number of imidazole rings is 1. The summed E-state index contributed by atoms with van der Waals surface area (Å²) in [6, 6.07) is 8.45. The van der Waals surface area contributed by atoms with Crippen LogP contribution in [0.15, 0.2) is 30.5 Å². The summed E-state index contributed by atoms with van der Waals surface area (Å²) < 4.78 is 5.98. The lowest BCUT2D eigenvalue weighted by atomic mass is 9.66. The number of nitrogens with zero attached hydrogens (tertiary/aromatic N) is 2. The van der Waals surface area contributed by atoms with Gasteiger partial charge < -0.3 is 14.6 Å². The molecule has 0 radical (unpaired) electrons. The number of aromatic nitrogens is 2. The van der Waals surface area contributed by atoms with Crippen LogP contribution in [0.25, 0.3) is 0 Å². The minimum absolute atomic E-state index is 0.144. The molecule has 0 spiro atoms.